The fourth-order valence-electron chi connectivity index (χ4n) is 2.38. The number of aromatic nitrogens is 1. The molecule has 2 aromatic carbocycles. The van der Waals surface area contributed by atoms with Gasteiger partial charge in [0.25, 0.3) is 5.56 Å². The molecule has 22 heavy (non-hydrogen) atoms. The van der Waals surface area contributed by atoms with Crippen LogP contribution in [0, 0.1) is 0 Å². The van der Waals surface area contributed by atoms with Gasteiger partial charge in [-0.25, -0.2) is 0 Å². The molecule has 2 N–H and O–H groups in total. The van der Waals surface area contributed by atoms with Gasteiger partial charge in [0.15, 0.2) is 5.78 Å². The number of carbonyl (C=O) groups excluding carboxylic acids is 1. The standard InChI is InChI=1S/C17H12ClNO3/c18-11-6-7-12-13(9-11)19-17(22)15(16(12)21)14(20)8-10-4-2-1-3-5-10/h1-7,9H,8H2,(H2,19,21,22). The predicted molar refractivity (Wildman–Crippen MR) is 85.7 cm³/mol. The van der Waals surface area contributed by atoms with Crippen LogP contribution in [0.25, 0.3) is 10.9 Å². The molecule has 0 saturated carbocycles. The second-order valence-electron chi connectivity index (χ2n) is 4.95. The molecule has 0 aliphatic rings. The Balaban J connectivity index is 2.09. The van der Waals surface area contributed by atoms with E-state index in [2.05, 4.69) is 4.98 Å². The summed E-state index contributed by atoms with van der Waals surface area (Å²) >= 11 is 5.86. The Hall–Kier alpha value is -2.59. The molecule has 0 aliphatic carbocycles. The van der Waals surface area contributed by atoms with Gasteiger partial charge in [-0.3, -0.25) is 9.59 Å². The van der Waals surface area contributed by atoms with Crippen molar-refractivity contribution in [3.63, 3.8) is 0 Å². The van der Waals surface area contributed by atoms with Crippen molar-refractivity contribution >= 4 is 28.3 Å². The molecule has 0 bridgehead atoms. The van der Waals surface area contributed by atoms with Gasteiger partial charge in [-0.05, 0) is 23.8 Å². The zero-order valence-corrected chi connectivity index (χ0v) is 12.2. The highest BCUT2D eigenvalue weighted by Gasteiger charge is 2.19. The quantitative estimate of drug-likeness (QED) is 0.729. The molecule has 0 unspecified atom stereocenters. The summed E-state index contributed by atoms with van der Waals surface area (Å²) < 4.78 is 0. The third-order valence-corrected chi connectivity index (χ3v) is 3.67. The minimum Gasteiger partial charge on any atom is -0.506 e. The molecule has 0 fully saturated rings. The van der Waals surface area contributed by atoms with Crippen molar-refractivity contribution in [2.24, 2.45) is 0 Å². The molecule has 1 heterocycles. The fourth-order valence-corrected chi connectivity index (χ4v) is 2.55. The molecule has 3 aromatic rings. The molecule has 0 radical (unpaired) electrons. The van der Waals surface area contributed by atoms with Gasteiger partial charge in [-0.15, -0.1) is 0 Å². The second-order valence-corrected chi connectivity index (χ2v) is 5.39. The van der Waals surface area contributed by atoms with Crippen LogP contribution in [0.15, 0.2) is 53.3 Å². The third-order valence-electron chi connectivity index (χ3n) is 3.44. The normalized spacial score (nSPS) is 10.8. The number of pyridine rings is 1. The minimum atomic E-state index is -0.617. The lowest BCUT2D eigenvalue weighted by Gasteiger charge is -2.07. The maximum Gasteiger partial charge on any atom is 0.263 e. The van der Waals surface area contributed by atoms with Crippen LogP contribution in [0.4, 0.5) is 0 Å². The lowest BCUT2D eigenvalue weighted by molar-refractivity contribution is 0.0989. The lowest BCUT2D eigenvalue weighted by Crippen LogP contribution is -2.19. The van der Waals surface area contributed by atoms with Gasteiger partial charge in [0, 0.05) is 16.8 Å². The number of aromatic hydroxyl groups is 1. The van der Waals surface area contributed by atoms with E-state index in [0.29, 0.717) is 15.9 Å². The highest BCUT2D eigenvalue weighted by atomic mass is 35.5. The van der Waals surface area contributed by atoms with E-state index in [1.165, 1.54) is 6.07 Å². The molecule has 0 saturated heterocycles. The van der Waals surface area contributed by atoms with E-state index >= 15 is 0 Å². The summed E-state index contributed by atoms with van der Waals surface area (Å²) in [5.74, 6) is -0.738. The van der Waals surface area contributed by atoms with Crippen molar-refractivity contribution in [1.29, 1.82) is 0 Å². The molecule has 4 nitrogen and oxygen atoms in total. The van der Waals surface area contributed by atoms with E-state index in [1.807, 2.05) is 18.2 Å². The number of nitrogens with one attached hydrogen (secondary N) is 1. The average Bonchev–Trinajstić information content (AvgIpc) is 2.47. The van der Waals surface area contributed by atoms with Crippen molar-refractivity contribution in [1.82, 2.24) is 4.98 Å². The van der Waals surface area contributed by atoms with E-state index in [9.17, 15) is 14.7 Å². The number of fused-ring (bicyclic) bond motifs is 1. The lowest BCUT2D eigenvalue weighted by atomic mass is 10.0. The summed E-state index contributed by atoms with van der Waals surface area (Å²) in [7, 11) is 0. The SMILES string of the molecule is O=C(Cc1ccccc1)c1c(O)c2ccc(Cl)cc2[nH]c1=O. The molecule has 110 valence electrons. The van der Waals surface area contributed by atoms with E-state index < -0.39 is 11.3 Å². The summed E-state index contributed by atoms with van der Waals surface area (Å²) in [6.07, 6.45) is 0.0522. The van der Waals surface area contributed by atoms with Crippen molar-refractivity contribution in [2.75, 3.05) is 0 Å². The summed E-state index contributed by atoms with van der Waals surface area (Å²) in [5, 5.41) is 11.1. The van der Waals surface area contributed by atoms with Crippen molar-refractivity contribution in [3.05, 3.63) is 75.0 Å². The zero-order chi connectivity index (χ0) is 15.7. The fraction of sp³-hybridized carbons (Fsp3) is 0.0588. The highest BCUT2D eigenvalue weighted by molar-refractivity contribution is 6.31. The van der Waals surface area contributed by atoms with Crippen LogP contribution in [0.1, 0.15) is 15.9 Å². The van der Waals surface area contributed by atoms with Gasteiger partial charge < -0.3 is 10.1 Å². The van der Waals surface area contributed by atoms with Gasteiger partial charge in [0.05, 0.1) is 5.52 Å². The van der Waals surface area contributed by atoms with E-state index in [4.69, 9.17) is 11.6 Å². The first kappa shape index (κ1) is 14.4. The molecule has 5 heteroatoms. The number of halogens is 1. The molecular formula is C17H12ClNO3. The Morgan fingerprint density at radius 1 is 1.14 bits per heavy atom. The maximum atomic E-state index is 12.4. The van der Waals surface area contributed by atoms with Crippen LogP contribution >= 0.6 is 11.6 Å². The monoisotopic (exact) mass is 313 g/mol. The number of H-pyrrole nitrogens is 1. The topological polar surface area (TPSA) is 70.2 Å². The number of hydrogen-bond donors (Lipinski definition) is 2. The van der Waals surface area contributed by atoms with E-state index in [1.54, 1.807) is 24.3 Å². The first-order valence-electron chi connectivity index (χ1n) is 6.68. The number of aromatic amines is 1. The number of Topliss-reactive ketones (excluding diaryl/α,β-unsaturated/α-hetero) is 1. The summed E-state index contributed by atoms with van der Waals surface area (Å²) in [6.45, 7) is 0. The molecule has 0 amide bonds. The second kappa shape index (κ2) is 5.66. The maximum absolute atomic E-state index is 12.4. The molecule has 0 atom stereocenters. The van der Waals surface area contributed by atoms with Crippen LogP contribution in [0.5, 0.6) is 5.75 Å². The van der Waals surface area contributed by atoms with Crippen LogP contribution in [-0.4, -0.2) is 15.9 Å². The Labute approximate surface area is 131 Å². The third kappa shape index (κ3) is 2.61. The Kier molecular flexibility index (Phi) is 3.69. The number of carbonyl (C=O) groups is 1. The van der Waals surface area contributed by atoms with Crippen molar-refractivity contribution in [2.45, 2.75) is 6.42 Å². The van der Waals surface area contributed by atoms with Crippen LogP contribution < -0.4 is 5.56 Å². The highest BCUT2D eigenvalue weighted by Crippen LogP contribution is 2.27. The Bertz CT molecular complexity index is 916. The Morgan fingerprint density at radius 3 is 2.59 bits per heavy atom. The first-order chi connectivity index (χ1) is 10.6. The van der Waals surface area contributed by atoms with E-state index in [-0.39, 0.29) is 17.7 Å². The summed E-state index contributed by atoms with van der Waals surface area (Å²) in [6, 6.07) is 13.8. The van der Waals surface area contributed by atoms with Gasteiger partial charge in [0.2, 0.25) is 0 Å². The molecule has 1 aromatic heterocycles. The van der Waals surface area contributed by atoms with Crippen molar-refractivity contribution < 1.29 is 9.90 Å². The van der Waals surface area contributed by atoms with Crippen molar-refractivity contribution in [3.8, 4) is 5.75 Å². The average molecular weight is 314 g/mol. The summed E-state index contributed by atoms with van der Waals surface area (Å²) in [5.41, 5.74) is 0.334. The van der Waals surface area contributed by atoms with Gasteiger partial charge in [-0.1, -0.05) is 41.9 Å². The van der Waals surface area contributed by atoms with Crippen LogP contribution in [0.3, 0.4) is 0 Å². The molecular weight excluding hydrogens is 302 g/mol. The zero-order valence-electron chi connectivity index (χ0n) is 11.5. The van der Waals surface area contributed by atoms with Gasteiger partial charge in [0.1, 0.15) is 11.3 Å². The Morgan fingerprint density at radius 2 is 1.86 bits per heavy atom. The minimum absolute atomic E-state index is 0.0522. The van der Waals surface area contributed by atoms with Crippen LogP contribution in [0.2, 0.25) is 5.02 Å². The largest absolute Gasteiger partial charge is 0.506 e. The summed E-state index contributed by atoms with van der Waals surface area (Å²) in [4.78, 5) is 27.1. The predicted octanol–water partition coefficient (Wildman–Crippen LogP) is 3.31. The van der Waals surface area contributed by atoms with Gasteiger partial charge in [-0.2, -0.15) is 0 Å². The number of hydrogen-bond acceptors (Lipinski definition) is 3. The van der Waals surface area contributed by atoms with E-state index in [0.717, 1.165) is 5.56 Å². The first-order valence-corrected chi connectivity index (χ1v) is 7.05. The number of ketones is 1. The molecule has 0 aliphatic heterocycles. The van der Waals surface area contributed by atoms with Crippen LogP contribution in [-0.2, 0) is 6.42 Å². The molecule has 3 rings (SSSR count). The van der Waals surface area contributed by atoms with Gasteiger partial charge >= 0.3 is 0 Å². The molecule has 0 spiro atoms. The number of rotatable bonds is 3. The number of benzene rings is 2. The smallest absolute Gasteiger partial charge is 0.263 e.